The molecule has 0 bridgehead atoms. The van der Waals surface area contributed by atoms with Crippen LogP contribution in [0.25, 0.3) is 0 Å². The summed E-state index contributed by atoms with van der Waals surface area (Å²) in [6, 6.07) is 13.3. The number of hydrogen-bond acceptors (Lipinski definition) is 1. The first-order valence-corrected chi connectivity index (χ1v) is 7.22. The minimum atomic E-state index is -0.142. The fraction of sp³-hybridized carbons (Fsp3) is 0.250. The van der Waals surface area contributed by atoms with Crippen molar-refractivity contribution in [2.24, 2.45) is 0 Å². The van der Waals surface area contributed by atoms with Crippen molar-refractivity contribution in [3.63, 3.8) is 0 Å². The van der Waals surface area contributed by atoms with Crippen LogP contribution < -0.4 is 0 Å². The minimum Gasteiger partial charge on any atom is -0.372 e. The molecule has 0 N–H and O–H groups in total. The Balaban J connectivity index is 1.81. The molecule has 19 heavy (non-hydrogen) atoms. The van der Waals surface area contributed by atoms with Crippen LogP contribution in [0, 0.1) is 5.82 Å². The summed E-state index contributed by atoms with van der Waals surface area (Å²) < 4.78 is 19.1. The molecule has 0 spiro atoms. The van der Waals surface area contributed by atoms with Crippen molar-refractivity contribution in [3.05, 3.63) is 70.5 Å². The zero-order valence-corrected chi connectivity index (χ0v) is 12.0. The smallest absolute Gasteiger partial charge is 0.126 e. The first-order chi connectivity index (χ1) is 9.24. The second kappa shape index (κ2) is 5.43. The Morgan fingerprint density at radius 3 is 2.74 bits per heavy atom. The maximum atomic E-state index is 13.6. The molecule has 0 aliphatic carbocycles. The van der Waals surface area contributed by atoms with E-state index < -0.39 is 0 Å². The summed E-state index contributed by atoms with van der Waals surface area (Å²) in [6.45, 7) is 1.39. The molecule has 0 aromatic heterocycles. The SMILES string of the molecule is Fc1ccccc1CC(Br)c1ccc2c(c1)COC2. The molecule has 0 amide bonds. The Kier molecular flexibility index (Phi) is 3.67. The highest BCUT2D eigenvalue weighted by Gasteiger charge is 2.16. The quantitative estimate of drug-likeness (QED) is 0.755. The van der Waals surface area contributed by atoms with Crippen molar-refractivity contribution in [2.75, 3.05) is 0 Å². The van der Waals surface area contributed by atoms with Gasteiger partial charge in [0.05, 0.1) is 13.2 Å². The first kappa shape index (κ1) is 12.8. The number of halogens is 2. The highest BCUT2D eigenvalue weighted by atomic mass is 79.9. The van der Waals surface area contributed by atoms with Crippen molar-refractivity contribution >= 4 is 15.9 Å². The molecule has 3 rings (SSSR count). The van der Waals surface area contributed by atoms with Crippen molar-refractivity contribution < 1.29 is 9.13 Å². The van der Waals surface area contributed by atoms with Crippen LogP contribution in [0.1, 0.15) is 27.1 Å². The van der Waals surface area contributed by atoms with Gasteiger partial charge in [0, 0.05) is 4.83 Å². The molecule has 2 aromatic rings. The van der Waals surface area contributed by atoms with Crippen LogP contribution in [-0.4, -0.2) is 0 Å². The number of alkyl halides is 1. The van der Waals surface area contributed by atoms with Crippen molar-refractivity contribution in [2.45, 2.75) is 24.5 Å². The van der Waals surface area contributed by atoms with Gasteiger partial charge in [0.2, 0.25) is 0 Å². The highest BCUT2D eigenvalue weighted by molar-refractivity contribution is 9.09. The van der Waals surface area contributed by atoms with Crippen molar-refractivity contribution in [3.8, 4) is 0 Å². The average molecular weight is 321 g/mol. The molecule has 1 atom stereocenters. The van der Waals surface area contributed by atoms with Gasteiger partial charge in [-0.25, -0.2) is 4.39 Å². The molecule has 0 saturated heterocycles. The monoisotopic (exact) mass is 320 g/mol. The number of fused-ring (bicyclic) bond motifs is 1. The third-order valence-electron chi connectivity index (χ3n) is 3.46. The molecule has 1 aliphatic rings. The Bertz CT molecular complexity index is 597. The van der Waals surface area contributed by atoms with E-state index in [1.54, 1.807) is 6.07 Å². The summed E-state index contributed by atoms with van der Waals surface area (Å²) in [5, 5.41) is 0. The van der Waals surface area contributed by atoms with Gasteiger partial charge >= 0.3 is 0 Å². The maximum absolute atomic E-state index is 13.6. The van der Waals surface area contributed by atoms with Gasteiger partial charge < -0.3 is 4.74 Å². The van der Waals surface area contributed by atoms with Crippen LogP contribution in [-0.2, 0) is 24.4 Å². The van der Waals surface area contributed by atoms with Crippen LogP contribution in [0.15, 0.2) is 42.5 Å². The standard InChI is InChI=1S/C16H14BrFO/c17-15(8-12-3-1-2-4-16(12)18)11-5-6-13-9-19-10-14(13)7-11/h1-7,15H,8-10H2. The topological polar surface area (TPSA) is 9.23 Å². The summed E-state index contributed by atoms with van der Waals surface area (Å²) in [6.07, 6.45) is 0.645. The van der Waals surface area contributed by atoms with E-state index in [0.717, 1.165) is 5.56 Å². The molecule has 1 nitrogen and oxygen atoms in total. The fourth-order valence-corrected chi connectivity index (χ4v) is 3.00. The minimum absolute atomic E-state index is 0.121. The molecule has 98 valence electrons. The van der Waals surface area contributed by atoms with Crippen molar-refractivity contribution in [1.82, 2.24) is 0 Å². The van der Waals surface area contributed by atoms with Crippen molar-refractivity contribution in [1.29, 1.82) is 0 Å². The lowest BCUT2D eigenvalue weighted by atomic mass is 10.0. The summed E-state index contributed by atoms with van der Waals surface area (Å²) in [5.41, 5.74) is 4.42. The maximum Gasteiger partial charge on any atom is 0.126 e. The molecule has 1 heterocycles. The van der Waals surface area contributed by atoms with Crippen LogP contribution in [0.2, 0.25) is 0 Å². The molecule has 0 fully saturated rings. The van der Waals surface area contributed by atoms with E-state index in [9.17, 15) is 4.39 Å². The predicted molar refractivity (Wildman–Crippen MR) is 76.7 cm³/mol. The van der Waals surface area contributed by atoms with Crippen LogP contribution in [0.4, 0.5) is 4.39 Å². The van der Waals surface area contributed by atoms with E-state index in [2.05, 4.69) is 34.1 Å². The average Bonchev–Trinajstić information content (AvgIpc) is 2.88. The zero-order chi connectivity index (χ0) is 13.2. The van der Waals surface area contributed by atoms with Gasteiger partial charge in [-0.2, -0.15) is 0 Å². The third-order valence-corrected chi connectivity index (χ3v) is 4.32. The summed E-state index contributed by atoms with van der Waals surface area (Å²) in [7, 11) is 0. The molecular weight excluding hydrogens is 307 g/mol. The van der Waals surface area contributed by atoms with Crippen LogP contribution in [0.5, 0.6) is 0 Å². The largest absolute Gasteiger partial charge is 0.372 e. The molecule has 0 saturated carbocycles. The van der Waals surface area contributed by atoms with Gasteiger partial charge in [0.15, 0.2) is 0 Å². The Morgan fingerprint density at radius 2 is 1.89 bits per heavy atom. The second-order valence-corrected chi connectivity index (χ2v) is 5.89. The van der Waals surface area contributed by atoms with E-state index >= 15 is 0 Å². The Labute approximate surface area is 120 Å². The summed E-state index contributed by atoms with van der Waals surface area (Å²) in [4.78, 5) is 0.121. The van der Waals surface area contributed by atoms with E-state index in [1.807, 2.05) is 12.1 Å². The van der Waals surface area contributed by atoms with E-state index in [-0.39, 0.29) is 10.6 Å². The molecule has 0 radical (unpaired) electrons. The zero-order valence-electron chi connectivity index (χ0n) is 10.4. The van der Waals surface area contributed by atoms with Gasteiger partial charge in [0.25, 0.3) is 0 Å². The Morgan fingerprint density at radius 1 is 1.11 bits per heavy atom. The lowest BCUT2D eigenvalue weighted by Gasteiger charge is -2.12. The van der Waals surface area contributed by atoms with E-state index in [4.69, 9.17) is 4.74 Å². The lowest BCUT2D eigenvalue weighted by Crippen LogP contribution is -1.99. The molecule has 1 aliphatic heterocycles. The number of ether oxygens (including phenoxy) is 1. The van der Waals surface area contributed by atoms with Gasteiger partial charge in [-0.1, -0.05) is 52.3 Å². The molecule has 2 aromatic carbocycles. The Hall–Kier alpha value is -1.19. The highest BCUT2D eigenvalue weighted by Crippen LogP contribution is 2.31. The normalized spacial score (nSPS) is 15.3. The lowest BCUT2D eigenvalue weighted by molar-refractivity contribution is 0.134. The fourth-order valence-electron chi connectivity index (χ4n) is 2.36. The number of rotatable bonds is 3. The molecule has 1 unspecified atom stereocenters. The first-order valence-electron chi connectivity index (χ1n) is 6.31. The van der Waals surface area contributed by atoms with E-state index in [0.29, 0.717) is 19.6 Å². The van der Waals surface area contributed by atoms with Gasteiger partial charge in [0.1, 0.15) is 5.82 Å². The second-order valence-electron chi connectivity index (χ2n) is 4.78. The number of benzene rings is 2. The van der Waals surface area contributed by atoms with Gasteiger partial charge in [-0.05, 0) is 34.7 Å². The van der Waals surface area contributed by atoms with Gasteiger partial charge in [-0.15, -0.1) is 0 Å². The number of hydrogen-bond donors (Lipinski definition) is 0. The van der Waals surface area contributed by atoms with Crippen LogP contribution in [0.3, 0.4) is 0 Å². The van der Waals surface area contributed by atoms with E-state index in [1.165, 1.54) is 22.8 Å². The summed E-state index contributed by atoms with van der Waals surface area (Å²) in [5.74, 6) is -0.142. The van der Waals surface area contributed by atoms with Crippen LogP contribution >= 0.6 is 15.9 Å². The molecule has 3 heteroatoms. The molecular formula is C16H14BrFO. The summed E-state index contributed by atoms with van der Waals surface area (Å²) >= 11 is 3.66. The van der Waals surface area contributed by atoms with Gasteiger partial charge in [-0.3, -0.25) is 0 Å². The third kappa shape index (κ3) is 2.72. The predicted octanol–water partition coefficient (Wildman–Crippen LogP) is 4.53.